The Labute approximate surface area is 134 Å². The molecule has 2 N–H and O–H groups in total. The number of aromatic nitrogens is 1. The Morgan fingerprint density at radius 1 is 1.32 bits per heavy atom. The summed E-state index contributed by atoms with van der Waals surface area (Å²) in [6.07, 6.45) is 1.84. The normalized spacial score (nSPS) is 14.1. The predicted octanol–water partition coefficient (Wildman–Crippen LogP) is 2.82. The first kappa shape index (κ1) is 15.0. The number of fused-ring (bicyclic) bond motifs is 1. The molecule has 3 aromatic rings. The summed E-state index contributed by atoms with van der Waals surface area (Å²) in [5.74, 6) is 0.198. The average Bonchev–Trinajstić information content (AvgIpc) is 3.12. The zero-order valence-electron chi connectivity index (χ0n) is 13.1. The van der Waals surface area contributed by atoms with Crippen LogP contribution in [0.3, 0.4) is 0 Å². The molecule has 4 heteroatoms. The van der Waals surface area contributed by atoms with Gasteiger partial charge in [-0.2, -0.15) is 0 Å². The Morgan fingerprint density at radius 2 is 2.09 bits per heavy atom. The number of quaternary nitrogens is 1. The van der Waals surface area contributed by atoms with Crippen LogP contribution in [-0.4, -0.2) is 23.9 Å². The maximum Gasteiger partial charge on any atom is 0.221 e. The molecule has 2 heterocycles. The van der Waals surface area contributed by atoms with Gasteiger partial charge in [-0.25, -0.2) is 0 Å². The van der Waals surface area contributed by atoms with Crippen molar-refractivity contribution in [1.29, 1.82) is 0 Å². The average molecular weight is 313 g/mol. The number of hydrogen-bond acceptors (Lipinski definition) is 2. The van der Waals surface area contributed by atoms with Crippen molar-refractivity contribution in [3.63, 3.8) is 0 Å². The zero-order valence-corrected chi connectivity index (χ0v) is 14.0. The van der Waals surface area contributed by atoms with Gasteiger partial charge in [0.1, 0.15) is 12.6 Å². The van der Waals surface area contributed by atoms with Gasteiger partial charge in [0.05, 0.1) is 11.9 Å². The predicted molar refractivity (Wildman–Crippen MR) is 91.7 cm³/mol. The second-order valence-corrected chi connectivity index (χ2v) is 6.88. The van der Waals surface area contributed by atoms with Crippen molar-refractivity contribution < 1.29 is 9.69 Å². The van der Waals surface area contributed by atoms with Crippen LogP contribution in [0.15, 0.2) is 41.9 Å². The van der Waals surface area contributed by atoms with E-state index in [1.54, 1.807) is 11.3 Å². The molecule has 0 bridgehead atoms. The van der Waals surface area contributed by atoms with Crippen molar-refractivity contribution in [1.82, 2.24) is 4.98 Å². The highest BCUT2D eigenvalue weighted by Crippen LogP contribution is 2.19. The van der Waals surface area contributed by atoms with Gasteiger partial charge in [-0.15, -0.1) is 11.3 Å². The van der Waals surface area contributed by atoms with Gasteiger partial charge in [-0.1, -0.05) is 18.2 Å². The number of carbonyl (C=O) groups excluding carboxylic acids is 1. The molecule has 2 atom stereocenters. The quantitative estimate of drug-likeness (QED) is 0.698. The number of hydrogen-bond donors (Lipinski definition) is 2. The molecule has 0 radical (unpaired) electrons. The van der Waals surface area contributed by atoms with Crippen LogP contribution in [-0.2, 0) is 6.54 Å². The monoisotopic (exact) mass is 313 g/mol. The Hall–Kier alpha value is -1.91. The molecular weight excluding hydrogens is 292 g/mol. The molecule has 0 aliphatic rings. The summed E-state index contributed by atoms with van der Waals surface area (Å²) >= 11 is 1.77. The number of carbonyl (C=O) groups is 1. The van der Waals surface area contributed by atoms with E-state index in [1.807, 2.05) is 37.4 Å². The molecule has 0 aliphatic heterocycles. The lowest BCUT2D eigenvalue weighted by Crippen LogP contribution is -3.12. The van der Waals surface area contributed by atoms with Crippen LogP contribution in [0.5, 0.6) is 0 Å². The van der Waals surface area contributed by atoms with Gasteiger partial charge in [-0.3, -0.25) is 4.79 Å². The Balaban J connectivity index is 1.80. The summed E-state index contributed by atoms with van der Waals surface area (Å²) in [5.41, 5.74) is 3.13. The number of nitrogens with one attached hydrogen (secondary N) is 2. The maximum absolute atomic E-state index is 12.8. The second-order valence-electron chi connectivity index (χ2n) is 5.88. The number of benzene rings is 1. The van der Waals surface area contributed by atoms with E-state index in [2.05, 4.69) is 30.4 Å². The first-order valence-corrected chi connectivity index (χ1v) is 8.41. The molecule has 0 spiro atoms. The van der Waals surface area contributed by atoms with E-state index in [0.717, 1.165) is 23.0 Å². The number of ketones is 1. The molecule has 0 fully saturated rings. The summed E-state index contributed by atoms with van der Waals surface area (Å²) in [7, 11) is 2.09. The van der Waals surface area contributed by atoms with Crippen molar-refractivity contribution in [2.45, 2.75) is 26.4 Å². The fourth-order valence-electron chi connectivity index (χ4n) is 2.72. The molecule has 1 aromatic carbocycles. The highest BCUT2D eigenvalue weighted by molar-refractivity contribution is 7.10. The lowest BCUT2D eigenvalue weighted by Gasteiger charge is -2.20. The van der Waals surface area contributed by atoms with Crippen LogP contribution in [0.4, 0.5) is 0 Å². The van der Waals surface area contributed by atoms with Crippen LogP contribution in [0.2, 0.25) is 0 Å². The first-order chi connectivity index (χ1) is 10.6. The van der Waals surface area contributed by atoms with Crippen LogP contribution in [0.1, 0.15) is 27.7 Å². The summed E-state index contributed by atoms with van der Waals surface area (Å²) in [6.45, 7) is 5.03. The minimum Gasteiger partial charge on any atom is -0.360 e. The van der Waals surface area contributed by atoms with Gasteiger partial charge in [0, 0.05) is 22.7 Å². The van der Waals surface area contributed by atoms with Crippen LogP contribution in [0.25, 0.3) is 10.9 Å². The van der Waals surface area contributed by atoms with Crippen molar-refractivity contribution in [2.24, 2.45) is 0 Å². The Kier molecular flexibility index (Phi) is 4.14. The van der Waals surface area contributed by atoms with E-state index in [4.69, 9.17) is 0 Å². The molecular formula is C18H21N2OS+. The first-order valence-electron chi connectivity index (χ1n) is 7.53. The van der Waals surface area contributed by atoms with Gasteiger partial charge in [0.15, 0.2) is 0 Å². The molecule has 22 heavy (non-hydrogen) atoms. The molecule has 2 aromatic heterocycles. The molecule has 0 saturated carbocycles. The van der Waals surface area contributed by atoms with Gasteiger partial charge < -0.3 is 9.88 Å². The fraction of sp³-hybridized carbons (Fsp3) is 0.278. The molecule has 3 nitrogen and oxygen atoms in total. The van der Waals surface area contributed by atoms with Gasteiger partial charge in [0.2, 0.25) is 5.78 Å². The number of Topliss-reactive ketones (excluding diaryl/α,β-unsaturated/α-hetero) is 1. The van der Waals surface area contributed by atoms with Crippen molar-refractivity contribution >= 4 is 28.0 Å². The topological polar surface area (TPSA) is 37.3 Å². The molecule has 1 unspecified atom stereocenters. The van der Waals surface area contributed by atoms with E-state index in [9.17, 15) is 4.79 Å². The number of aromatic amines is 1. The number of rotatable bonds is 5. The molecule has 114 valence electrons. The SMILES string of the molecule is Cc1ccsc1C[NH+](C)[C@H](C)C(=O)c1c[nH]c2ccccc12. The molecule has 0 saturated heterocycles. The van der Waals surface area contributed by atoms with E-state index >= 15 is 0 Å². The van der Waals surface area contributed by atoms with Gasteiger partial charge in [0.25, 0.3) is 0 Å². The lowest BCUT2D eigenvalue weighted by molar-refractivity contribution is -0.907. The Bertz CT molecular complexity index is 802. The van der Waals surface area contributed by atoms with Gasteiger partial charge in [-0.05, 0) is 36.9 Å². The van der Waals surface area contributed by atoms with Crippen molar-refractivity contribution in [2.75, 3.05) is 7.05 Å². The summed E-state index contributed by atoms with van der Waals surface area (Å²) in [5, 5.41) is 3.13. The highest BCUT2D eigenvalue weighted by atomic mass is 32.1. The smallest absolute Gasteiger partial charge is 0.221 e. The van der Waals surface area contributed by atoms with Crippen molar-refractivity contribution in [3.8, 4) is 0 Å². The molecule has 0 aliphatic carbocycles. The fourth-order valence-corrected chi connectivity index (χ4v) is 3.73. The summed E-state index contributed by atoms with van der Waals surface area (Å²) < 4.78 is 0. The standard InChI is InChI=1S/C18H20N2OS/c1-12-8-9-22-17(12)11-20(3)13(2)18(21)15-10-19-16-7-5-4-6-14(15)16/h4-10,13,19H,11H2,1-3H3/p+1/t13-/m1/s1. The maximum atomic E-state index is 12.8. The molecule has 3 rings (SSSR count). The third-order valence-corrected chi connectivity index (χ3v) is 5.42. The van der Waals surface area contributed by atoms with E-state index in [0.29, 0.717) is 0 Å². The molecule has 0 amide bonds. The van der Waals surface area contributed by atoms with Crippen LogP contribution >= 0.6 is 11.3 Å². The Morgan fingerprint density at radius 3 is 2.82 bits per heavy atom. The third kappa shape index (κ3) is 2.72. The van der Waals surface area contributed by atoms with Crippen molar-refractivity contribution in [3.05, 3.63) is 57.9 Å². The largest absolute Gasteiger partial charge is 0.360 e. The number of H-pyrrole nitrogens is 1. The number of thiophene rings is 1. The second kappa shape index (κ2) is 6.07. The van der Waals surface area contributed by atoms with Gasteiger partial charge >= 0.3 is 0 Å². The van der Waals surface area contributed by atoms with E-state index in [1.165, 1.54) is 15.3 Å². The van der Waals surface area contributed by atoms with Crippen LogP contribution < -0.4 is 4.90 Å². The lowest BCUT2D eigenvalue weighted by atomic mass is 10.0. The van der Waals surface area contributed by atoms with E-state index in [-0.39, 0.29) is 11.8 Å². The van der Waals surface area contributed by atoms with Crippen LogP contribution in [0, 0.1) is 6.92 Å². The number of aryl methyl sites for hydroxylation is 1. The highest BCUT2D eigenvalue weighted by Gasteiger charge is 2.26. The minimum absolute atomic E-state index is 0.0688. The summed E-state index contributed by atoms with van der Waals surface area (Å²) in [6, 6.07) is 10.0. The zero-order chi connectivity index (χ0) is 15.7. The summed E-state index contributed by atoms with van der Waals surface area (Å²) in [4.78, 5) is 18.6. The van der Waals surface area contributed by atoms with E-state index < -0.39 is 0 Å². The minimum atomic E-state index is -0.0688. The third-order valence-electron chi connectivity index (χ3n) is 4.39. The number of para-hydroxylation sites is 1. The number of likely N-dealkylation sites (N-methyl/N-ethyl adjacent to an activating group) is 1.